The van der Waals surface area contributed by atoms with Crippen molar-refractivity contribution in [3.63, 3.8) is 0 Å². The van der Waals surface area contributed by atoms with E-state index in [0.29, 0.717) is 11.1 Å². The van der Waals surface area contributed by atoms with E-state index in [-0.39, 0.29) is 24.6 Å². The third-order valence-corrected chi connectivity index (χ3v) is 4.48. The molecule has 0 saturated carbocycles. The van der Waals surface area contributed by atoms with Crippen LogP contribution in [-0.4, -0.2) is 34.9 Å². The molecule has 1 aliphatic rings. The van der Waals surface area contributed by atoms with Gasteiger partial charge in [-0.15, -0.1) is 0 Å². The lowest BCUT2D eigenvalue weighted by Crippen LogP contribution is -2.41. The monoisotopic (exact) mass is 380 g/mol. The number of nitriles is 1. The van der Waals surface area contributed by atoms with Crippen LogP contribution in [0.4, 0.5) is 10.5 Å². The number of nitro benzene ring substituents is 1. The normalized spacial score (nSPS) is 18.5. The predicted molar refractivity (Wildman–Crippen MR) is 97.3 cm³/mol. The molecule has 0 aromatic heterocycles. The second-order valence-corrected chi connectivity index (χ2v) is 6.30. The first kappa shape index (κ1) is 18.8. The van der Waals surface area contributed by atoms with Crippen molar-refractivity contribution in [3.05, 3.63) is 69.8 Å². The van der Waals surface area contributed by atoms with E-state index in [2.05, 4.69) is 5.32 Å². The first-order valence-electron chi connectivity index (χ1n) is 8.37. The van der Waals surface area contributed by atoms with Gasteiger partial charge >= 0.3 is 6.03 Å². The van der Waals surface area contributed by atoms with Crippen LogP contribution in [0.2, 0.25) is 0 Å². The molecule has 2 aromatic rings. The number of carbonyl (C=O) groups excluding carboxylic acids is 2. The summed E-state index contributed by atoms with van der Waals surface area (Å²) in [5.74, 6) is -0.166. The second-order valence-electron chi connectivity index (χ2n) is 6.30. The molecule has 1 fully saturated rings. The first-order valence-corrected chi connectivity index (χ1v) is 8.37. The number of non-ortho nitro benzene ring substituents is 1. The molecule has 1 heterocycles. The molecule has 3 amide bonds. The van der Waals surface area contributed by atoms with Crippen molar-refractivity contribution in [2.45, 2.75) is 12.5 Å². The number of hydrogen-bond acceptors (Lipinski definition) is 6. The minimum Gasteiger partial charge on any atom is -0.491 e. The standard InChI is InChI=1S/C19H16N4O5/c1-19(14-7-5-13(12-20)6-8-14)17(24)22(18(25)21-19)9-10-28-16-4-2-3-15(11-16)23(26)27/h2-8,11H,9-10H2,1H3,(H,21,25)/t19-/m0/s1. The van der Waals surface area contributed by atoms with Crippen LogP contribution in [0.15, 0.2) is 48.5 Å². The highest BCUT2D eigenvalue weighted by atomic mass is 16.6. The maximum Gasteiger partial charge on any atom is 0.325 e. The van der Waals surface area contributed by atoms with E-state index < -0.39 is 22.4 Å². The van der Waals surface area contributed by atoms with Gasteiger partial charge in [0.15, 0.2) is 0 Å². The SMILES string of the molecule is C[C@@]1(c2ccc(C#N)cc2)NC(=O)N(CCOc2cccc([N+](=O)[O-])c2)C1=O. The lowest BCUT2D eigenvalue weighted by Gasteiger charge is -2.22. The zero-order valence-electron chi connectivity index (χ0n) is 14.9. The minimum absolute atomic E-state index is 0.0101. The molecule has 28 heavy (non-hydrogen) atoms. The molecular formula is C19H16N4O5. The number of carbonyl (C=O) groups is 2. The van der Waals surface area contributed by atoms with Crippen LogP contribution in [0.25, 0.3) is 0 Å². The zero-order chi connectivity index (χ0) is 20.3. The summed E-state index contributed by atoms with van der Waals surface area (Å²) < 4.78 is 5.45. The molecule has 1 aliphatic heterocycles. The Labute approximate surface area is 160 Å². The number of rotatable bonds is 6. The van der Waals surface area contributed by atoms with Gasteiger partial charge in [-0.25, -0.2) is 4.79 Å². The van der Waals surface area contributed by atoms with Crippen LogP contribution in [-0.2, 0) is 10.3 Å². The van der Waals surface area contributed by atoms with Crippen molar-refractivity contribution >= 4 is 17.6 Å². The Balaban J connectivity index is 1.67. The van der Waals surface area contributed by atoms with Crippen LogP contribution in [0, 0.1) is 21.4 Å². The molecular weight excluding hydrogens is 364 g/mol. The van der Waals surface area contributed by atoms with Gasteiger partial charge in [-0.1, -0.05) is 18.2 Å². The van der Waals surface area contributed by atoms with Gasteiger partial charge in [0.25, 0.3) is 11.6 Å². The third kappa shape index (κ3) is 3.48. The fraction of sp³-hybridized carbons (Fsp3) is 0.211. The Morgan fingerprint density at radius 3 is 2.61 bits per heavy atom. The van der Waals surface area contributed by atoms with E-state index in [4.69, 9.17) is 10.00 Å². The zero-order valence-corrected chi connectivity index (χ0v) is 14.9. The molecule has 0 radical (unpaired) electrons. The number of benzene rings is 2. The molecule has 2 aromatic carbocycles. The van der Waals surface area contributed by atoms with Crippen LogP contribution in [0.3, 0.4) is 0 Å². The van der Waals surface area contributed by atoms with Crippen molar-refractivity contribution in [1.29, 1.82) is 5.26 Å². The number of hydrogen-bond donors (Lipinski definition) is 1. The summed E-state index contributed by atoms with van der Waals surface area (Å²) in [4.78, 5) is 36.4. The van der Waals surface area contributed by atoms with Crippen LogP contribution in [0.5, 0.6) is 5.75 Å². The Hall–Kier alpha value is -3.93. The number of nitrogens with zero attached hydrogens (tertiary/aromatic N) is 3. The second kappa shape index (κ2) is 7.36. The Kier molecular flexibility index (Phi) is 4.96. The molecule has 1 atom stereocenters. The summed E-state index contributed by atoms with van der Waals surface area (Å²) in [7, 11) is 0. The lowest BCUT2D eigenvalue weighted by atomic mass is 9.91. The molecule has 3 rings (SSSR count). The maximum atomic E-state index is 12.8. The van der Waals surface area contributed by atoms with Crippen LogP contribution in [0.1, 0.15) is 18.1 Å². The fourth-order valence-electron chi connectivity index (χ4n) is 2.92. The molecule has 0 bridgehead atoms. The van der Waals surface area contributed by atoms with Gasteiger partial charge in [0.2, 0.25) is 0 Å². The predicted octanol–water partition coefficient (Wildman–Crippen LogP) is 2.31. The number of imide groups is 1. The molecule has 9 heteroatoms. The summed E-state index contributed by atoms with van der Waals surface area (Å²) in [5.41, 5.74) is -0.337. The van der Waals surface area contributed by atoms with Crippen molar-refractivity contribution in [1.82, 2.24) is 10.2 Å². The van der Waals surface area contributed by atoms with Gasteiger partial charge in [0.1, 0.15) is 17.9 Å². The highest BCUT2D eigenvalue weighted by Gasteiger charge is 2.48. The van der Waals surface area contributed by atoms with Crippen LogP contribution < -0.4 is 10.1 Å². The van der Waals surface area contributed by atoms with Crippen molar-refractivity contribution in [2.75, 3.05) is 13.2 Å². The molecule has 142 valence electrons. The highest BCUT2D eigenvalue weighted by Crippen LogP contribution is 2.29. The van der Waals surface area contributed by atoms with Crippen LogP contribution >= 0.6 is 0 Å². The number of nitrogens with one attached hydrogen (secondary N) is 1. The summed E-state index contributed by atoms with van der Waals surface area (Å²) in [6.07, 6.45) is 0. The lowest BCUT2D eigenvalue weighted by molar-refractivity contribution is -0.384. The number of amides is 3. The van der Waals surface area contributed by atoms with E-state index in [0.717, 1.165) is 4.90 Å². The summed E-state index contributed by atoms with van der Waals surface area (Å²) in [6.45, 7) is 1.57. The Morgan fingerprint density at radius 1 is 1.25 bits per heavy atom. The van der Waals surface area contributed by atoms with E-state index in [1.165, 1.54) is 18.2 Å². The third-order valence-electron chi connectivity index (χ3n) is 4.48. The average molecular weight is 380 g/mol. The highest BCUT2D eigenvalue weighted by molar-refractivity contribution is 6.07. The van der Waals surface area contributed by atoms with Crippen molar-refractivity contribution in [3.8, 4) is 11.8 Å². The summed E-state index contributed by atoms with van der Waals surface area (Å²) in [5, 5.41) is 22.3. The minimum atomic E-state index is -1.24. The quantitative estimate of drug-likeness (QED) is 0.466. The van der Waals surface area contributed by atoms with E-state index in [9.17, 15) is 19.7 Å². The van der Waals surface area contributed by atoms with E-state index in [1.807, 2.05) is 6.07 Å². The summed E-state index contributed by atoms with van der Waals surface area (Å²) >= 11 is 0. The molecule has 0 spiro atoms. The van der Waals surface area contributed by atoms with E-state index in [1.54, 1.807) is 37.3 Å². The van der Waals surface area contributed by atoms with Gasteiger partial charge in [-0.3, -0.25) is 19.8 Å². The molecule has 9 nitrogen and oxygen atoms in total. The Bertz CT molecular complexity index is 983. The largest absolute Gasteiger partial charge is 0.491 e. The van der Waals surface area contributed by atoms with Gasteiger partial charge in [-0.2, -0.15) is 5.26 Å². The number of ether oxygens (including phenoxy) is 1. The molecule has 0 aliphatic carbocycles. The molecule has 1 N–H and O–H groups in total. The molecule has 0 unspecified atom stereocenters. The Morgan fingerprint density at radius 2 is 1.96 bits per heavy atom. The maximum absolute atomic E-state index is 12.8. The number of nitro groups is 1. The fourth-order valence-corrected chi connectivity index (χ4v) is 2.92. The average Bonchev–Trinajstić information content (AvgIpc) is 2.92. The van der Waals surface area contributed by atoms with Gasteiger partial charge in [0, 0.05) is 6.07 Å². The first-order chi connectivity index (χ1) is 13.3. The molecule has 1 saturated heterocycles. The van der Waals surface area contributed by atoms with Crippen molar-refractivity contribution < 1.29 is 19.2 Å². The van der Waals surface area contributed by atoms with Gasteiger partial charge in [-0.05, 0) is 30.7 Å². The smallest absolute Gasteiger partial charge is 0.325 e. The van der Waals surface area contributed by atoms with Gasteiger partial charge in [0.05, 0.1) is 29.2 Å². The van der Waals surface area contributed by atoms with E-state index >= 15 is 0 Å². The number of urea groups is 1. The van der Waals surface area contributed by atoms with Crippen molar-refractivity contribution in [2.24, 2.45) is 0 Å². The summed E-state index contributed by atoms with van der Waals surface area (Å²) in [6, 6.07) is 13.5. The van der Waals surface area contributed by atoms with Gasteiger partial charge < -0.3 is 10.1 Å². The topological polar surface area (TPSA) is 126 Å².